The monoisotopic (exact) mass is 392 g/mol. The third-order valence-corrected chi connectivity index (χ3v) is 4.50. The molecule has 1 aromatic carbocycles. The number of benzene rings is 1. The number of rotatable bonds is 14. The van der Waals surface area contributed by atoms with Crippen LogP contribution in [0.15, 0.2) is 24.3 Å². The lowest BCUT2D eigenvalue weighted by molar-refractivity contribution is -0.384. The fraction of sp³-hybridized carbons (Fsp3) is 0.619. The summed E-state index contributed by atoms with van der Waals surface area (Å²) in [7, 11) is 0. The maximum Gasteiger partial charge on any atom is 0.333 e. The number of unbranched alkanes of at least 4 members (excludes halogenated alkanes) is 8. The minimum Gasteiger partial charge on any atom is -0.425 e. The van der Waals surface area contributed by atoms with E-state index in [1.807, 2.05) is 0 Å². The Hall–Kier alpha value is -2.44. The van der Waals surface area contributed by atoms with Gasteiger partial charge in [0.05, 0.1) is 4.92 Å². The van der Waals surface area contributed by atoms with Gasteiger partial charge in [0.1, 0.15) is 11.8 Å². The lowest BCUT2D eigenvalue weighted by Crippen LogP contribution is -2.40. The van der Waals surface area contributed by atoms with E-state index in [4.69, 9.17) is 4.74 Å². The molecule has 1 N–H and O–H groups in total. The summed E-state index contributed by atoms with van der Waals surface area (Å²) in [5.41, 5.74) is -0.0814. The Labute approximate surface area is 167 Å². The van der Waals surface area contributed by atoms with E-state index >= 15 is 0 Å². The maximum atomic E-state index is 12.0. The third-order valence-electron chi connectivity index (χ3n) is 4.50. The standard InChI is InChI=1S/C21H32N2O5/c1-3-4-5-6-7-8-9-10-11-12-20(24)22-17(2)21(25)28-19-15-13-18(14-16-19)23(26)27/h13-17H,3-12H2,1-2H3,(H,22,24)/t17-/m1/s1. The molecular weight excluding hydrogens is 360 g/mol. The van der Waals surface area contributed by atoms with Crippen LogP contribution in [0.2, 0.25) is 0 Å². The van der Waals surface area contributed by atoms with Gasteiger partial charge in [-0.25, -0.2) is 4.79 Å². The zero-order chi connectivity index (χ0) is 20.8. The average Bonchev–Trinajstić information content (AvgIpc) is 2.67. The predicted octanol–water partition coefficient (Wildman–Crippen LogP) is 4.93. The van der Waals surface area contributed by atoms with E-state index in [0.29, 0.717) is 6.42 Å². The van der Waals surface area contributed by atoms with E-state index in [1.165, 1.54) is 62.8 Å². The van der Waals surface area contributed by atoms with Crippen molar-refractivity contribution < 1.29 is 19.2 Å². The van der Waals surface area contributed by atoms with E-state index in [1.54, 1.807) is 6.92 Å². The highest BCUT2D eigenvalue weighted by atomic mass is 16.6. The fourth-order valence-electron chi connectivity index (χ4n) is 2.81. The van der Waals surface area contributed by atoms with Gasteiger partial charge in [-0.3, -0.25) is 14.9 Å². The molecule has 0 unspecified atom stereocenters. The highest BCUT2D eigenvalue weighted by Crippen LogP contribution is 2.17. The third kappa shape index (κ3) is 10.0. The lowest BCUT2D eigenvalue weighted by atomic mass is 10.1. The molecular formula is C21H32N2O5. The number of carbonyl (C=O) groups is 2. The number of nitrogens with one attached hydrogen (secondary N) is 1. The molecule has 0 spiro atoms. The van der Waals surface area contributed by atoms with E-state index < -0.39 is 16.9 Å². The molecule has 1 aromatic rings. The van der Waals surface area contributed by atoms with Gasteiger partial charge in [0.2, 0.25) is 5.91 Å². The van der Waals surface area contributed by atoms with Gasteiger partial charge in [-0.05, 0) is 25.5 Å². The second kappa shape index (κ2) is 13.7. The van der Waals surface area contributed by atoms with Gasteiger partial charge in [-0.1, -0.05) is 58.3 Å². The van der Waals surface area contributed by atoms with E-state index in [9.17, 15) is 19.7 Å². The van der Waals surface area contributed by atoms with Gasteiger partial charge in [-0.15, -0.1) is 0 Å². The highest BCUT2D eigenvalue weighted by Gasteiger charge is 2.18. The van der Waals surface area contributed by atoms with Crippen LogP contribution < -0.4 is 10.1 Å². The largest absolute Gasteiger partial charge is 0.425 e. The fourth-order valence-corrected chi connectivity index (χ4v) is 2.81. The quantitative estimate of drug-likeness (QED) is 0.159. The molecule has 1 amide bonds. The Morgan fingerprint density at radius 3 is 2.07 bits per heavy atom. The summed E-state index contributed by atoms with van der Waals surface area (Å²) in [4.78, 5) is 34.0. The molecule has 156 valence electrons. The molecule has 0 saturated heterocycles. The van der Waals surface area contributed by atoms with E-state index in [2.05, 4.69) is 12.2 Å². The van der Waals surface area contributed by atoms with Crippen molar-refractivity contribution in [2.45, 2.75) is 84.1 Å². The molecule has 1 rings (SSSR count). The Bertz CT molecular complexity index is 616. The number of hydrogen-bond acceptors (Lipinski definition) is 5. The number of carbonyl (C=O) groups excluding carboxylic acids is 2. The molecule has 0 aliphatic carbocycles. The van der Waals surface area contributed by atoms with Crippen LogP contribution >= 0.6 is 0 Å². The zero-order valence-corrected chi connectivity index (χ0v) is 16.9. The second-order valence-electron chi connectivity index (χ2n) is 7.04. The van der Waals surface area contributed by atoms with Gasteiger partial charge in [0.15, 0.2) is 0 Å². The SMILES string of the molecule is CCCCCCCCCCCC(=O)N[C@H](C)C(=O)Oc1ccc([N+](=O)[O-])cc1. The molecule has 7 nitrogen and oxygen atoms in total. The minimum atomic E-state index is -0.777. The van der Waals surface area contributed by atoms with E-state index in [0.717, 1.165) is 19.3 Å². The van der Waals surface area contributed by atoms with Gasteiger partial charge in [0, 0.05) is 18.6 Å². The maximum absolute atomic E-state index is 12.0. The van der Waals surface area contributed by atoms with Crippen molar-refractivity contribution >= 4 is 17.6 Å². The average molecular weight is 392 g/mol. The molecule has 0 saturated carbocycles. The number of hydrogen-bond donors (Lipinski definition) is 1. The number of nitrogens with zero attached hydrogens (tertiary/aromatic N) is 1. The van der Waals surface area contributed by atoms with Gasteiger partial charge in [0.25, 0.3) is 5.69 Å². The van der Waals surface area contributed by atoms with Crippen LogP contribution in [0.1, 0.15) is 78.1 Å². The van der Waals surface area contributed by atoms with Gasteiger partial charge in [-0.2, -0.15) is 0 Å². The van der Waals surface area contributed by atoms with Crippen molar-refractivity contribution in [3.63, 3.8) is 0 Å². The molecule has 0 bridgehead atoms. The van der Waals surface area contributed by atoms with Crippen LogP contribution in [0.3, 0.4) is 0 Å². The number of ether oxygens (including phenoxy) is 1. The molecule has 0 aliphatic heterocycles. The van der Waals surface area contributed by atoms with Crippen molar-refractivity contribution in [3.05, 3.63) is 34.4 Å². The first-order valence-electron chi connectivity index (χ1n) is 10.2. The van der Waals surface area contributed by atoms with Crippen molar-refractivity contribution in [1.29, 1.82) is 0 Å². The molecule has 0 aliphatic rings. The van der Waals surface area contributed by atoms with Crippen molar-refractivity contribution in [1.82, 2.24) is 5.32 Å². The molecule has 28 heavy (non-hydrogen) atoms. The smallest absolute Gasteiger partial charge is 0.333 e. The highest BCUT2D eigenvalue weighted by molar-refractivity contribution is 5.85. The summed E-state index contributed by atoms with van der Waals surface area (Å²) < 4.78 is 5.13. The van der Waals surface area contributed by atoms with Crippen LogP contribution in [0.5, 0.6) is 5.75 Å². The number of nitro groups is 1. The van der Waals surface area contributed by atoms with Gasteiger partial charge >= 0.3 is 5.97 Å². The van der Waals surface area contributed by atoms with Crippen LogP contribution in [0.25, 0.3) is 0 Å². The Morgan fingerprint density at radius 1 is 1.00 bits per heavy atom. The predicted molar refractivity (Wildman–Crippen MR) is 108 cm³/mol. The summed E-state index contributed by atoms with van der Waals surface area (Å²) in [6.45, 7) is 3.77. The van der Waals surface area contributed by atoms with Crippen molar-refractivity contribution in [2.24, 2.45) is 0 Å². The van der Waals surface area contributed by atoms with Crippen LogP contribution in [0, 0.1) is 10.1 Å². The Balaban J connectivity index is 2.17. The summed E-state index contributed by atoms with van der Waals surface area (Å²) >= 11 is 0. The Morgan fingerprint density at radius 2 is 1.54 bits per heavy atom. The zero-order valence-electron chi connectivity index (χ0n) is 16.9. The normalized spacial score (nSPS) is 11.6. The summed E-state index contributed by atoms with van der Waals surface area (Å²) in [6, 6.07) is 4.45. The topological polar surface area (TPSA) is 98.5 Å². The second-order valence-corrected chi connectivity index (χ2v) is 7.04. The minimum absolute atomic E-state index is 0.0814. The first-order valence-corrected chi connectivity index (χ1v) is 10.2. The molecule has 7 heteroatoms. The number of amides is 1. The molecule has 0 aromatic heterocycles. The van der Waals surface area contributed by atoms with Crippen molar-refractivity contribution in [3.8, 4) is 5.75 Å². The van der Waals surface area contributed by atoms with E-state index in [-0.39, 0.29) is 17.3 Å². The first-order chi connectivity index (χ1) is 13.4. The molecule has 0 heterocycles. The van der Waals surface area contributed by atoms with Crippen LogP contribution in [-0.2, 0) is 9.59 Å². The summed E-state index contributed by atoms with van der Waals surface area (Å²) in [6.07, 6.45) is 11.0. The number of non-ortho nitro benzene ring substituents is 1. The van der Waals surface area contributed by atoms with Crippen LogP contribution in [-0.4, -0.2) is 22.8 Å². The summed E-state index contributed by atoms with van der Waals surface area (Å²) in [5, 5.41) is 13.2. The summed E-state index contributed by atoms with van der Waals surface area (Å²) in [5.74, 6) is -0.569. The molecule has 0 fully saturated rings. The number of esters is 1. The first kappa shape index (κ1) is 23.6. The molecule has 0 radical (unpaired) electrons. The molecule has 1 atom stereocenters. The lowest BCUT2D eigenvalue weighted by Gasteiger charge is -2.13. The van der Waals surface area contributed by atoms with Crippen LogP contribution in [0.4, 0.5) is 5.69 Å². The van der Waals surface area contributed by atoms with Gasteiger partial charge < -0.3 is 10.1 Å². The van der Waals surface area contributed by atoms with Crippen molar-refractivity contribution in [2.75, 3.05) is 0 Å². The Kier molecular flexibility index (Phi) is 11.5. The number of nitro benzene ring substituents is 1.